The van der Waals surface area contributed by atoms with Crippen LogP contribution < -0.4 is 19.7 Å². The number of carbonyl (C=O) groups is 1. The molecule has 0 saturated carbocycles. The minimum absolute atomic E-state index is 0.0101. The van der Waals surface area contributed by atoms with E-state index in [2.05, 4.69) is 5.32 Å². The summed E-state index contributed by atoms with van der Waals surface area (Å²) in [5.41, 5.74) is 1.99. The first-order chi connectivity index (χ1) is 14.0. The van der Waals surface area contributed by atoms with E-state index in [-0.39, 0.29) is 31.5 Å². The molecule has 1 amide bonds. The number of likely N-dealkylation sites (N-methyl/N-ethyl adjacent to an activating group) is 1. The molecule has 154 valence electrons. The number of nitrogens with one attached hydrogen (secondary N) is 2. The van der Waals surface area contributed by atoms with Crippen molar-refractivity contribution in [3.8, 4) is 11.5 Å². The molecule has 0 aromatic heterocycles. The lowest BCUT2D eigenvalue weighted by molar-refractivity contribution is -0.903. The Morgan fingerprint density at radius 1 is 1.34 bits per heavy atom. The Morgan fingerprint density at radius 3 is 2.90 bits per heavy atom. The van der Waals surface area contributed by atoms with Crippen LogP contribution in [0.1, 0.15) is 18.1 Å². The minimum Gasteiger partial charge on any atom is -0.497 e. The maximum atomic E-state index is 12.5. The fourth-order valence-corrected chi connectivity index (χ4v) is 3.23. The number of fused-ring (bicyclic) bond motifs is 1. The molecule has 1 unspecified atom stereocenters. The van der Waals surface area contributed by atoms with Crippen LogP contribution in [0.5, 0.6) is 11.5 Å². The summed E-state index contributed by atoms with van der Waals surface area (Å²) in [6, 6.07) is 10.1. The van der Waals surface area contributed by atoms with Gasteiger partial charge in [0.1, 0.15) is 18.0 Å². The zero-order chi connectivity index (χ0) is 20.8. The lowest BCUT2D eigenvalue weighted by Crippen LogP contribution is -3.11. The number of rotatable bonds is 8. The lowest BCUT2D eigenvalue weighted by atomic mass is 10.1. The number of methoxy groups -OCH3 is 1. The molecule has 0 saturated heterocycles. The van der Waals surface area contributed by atoms with Crippen LogP contribution in [-0.4, -0.2) is 37.8 Å². The van der Waals surface area contributed by atoms with Gasteiger partial charge in [-0.1, -0.05) is 6.07 Å². The maximum absolute atomic E-state index is 12.5. The summed E-state index contributed by atoms with van der Waals surface area (Å²) in [7, 11) is 1.57. The molecule has 0 fully saturated rings. The second-order valence-electron chi connectivity index (χ2n) is 6.70. The number of nitrogens with zero attached hydrogens (tertiary/aromatic N) is 1. The van der Waals surface area contributed by atoms with Crippen LogP contribution in [0.2, 0.25) is 0 Å². The predicted molar refractivity (Wildman–Crippen MR) is 105 cm³/mol. The predicted octanol–water partition coefficient (Wildman–Crippen LogP) is 1.51. The minimum atomic E-state index is -0.431. The van der Waals surface area contributed by atoms with Crippen LogP contribution >= 0.6 is 0 Å². The summed E-state index contributed by atoms with van der Waals surface area (Å²) < 4.78 is 16.0. The molecule has 9 heteroatoms. The van der Waals surface area contributed by atoms with Crippen molar-refractivity contribution in [2.24, 2.45) is 0 Å². The zero-order valence-electron chi connectivity index (χ0n) is 16.4. The maximum Gasteiger partial charge on any atom is 0.279 e. The number of ether oxygens (including phenoxy) is 3. The topological polar surface area (TPSA) is 104 Å². The van der Waals surface area contributed by atoms with Gasteiger partial charge in [-0.15, -0.1) is 0 Å². The van der Waals surface area contributed by atoms with Crippen molar-refractivity contribution in [3.63, 3.8) is 0 Å². The van der Waals surface area contributed by atoms with Gasteiger partial charge in [-0.3, -0.25) is 14.9 Å². The quantitative estimate of drug-likeness (QED) is 0.512. The molecule has 0 spiro atoms. The number of quaternary nitrogens is 1. The fraction of sp³-hybridized carbons (Fsp3) is 0.350. The van der Waals surface area contributed by atoms with Crippen LogP contribution in [0.3, 0.4) is 0 Å². The largest absolute Gasteiger partial charge is 0.497 e. The second kappa shape index (κ2) is 9.35. The summed E-state index contributed by atoms with van der Waals surface area (Å²) >= 11 is 0. The Labute approximate surface area is 168 Å². The van der Waals surface area contributed by atoms with E-state index in [1.807, 2.05) is 6.92 Å². The number of amides is 1. The highest BCUT2D eigenvalue weighted by Gasteiger charge is 2.24. The number of carbonyl (C=O) groups excluding carboxylic acids is 1. The number of non-ortho nitro benzene ring substituents is 1. The number of hydrogen-bond acceptors (Lipinski definition) is 6. The molecule has 29 heavy (non-hydrogen) atoms. The molecule has 2 N–H and O–H groups in total. The van der Waals surface area contributed by atoms with E-state index in [4.69, 9.17) is 14.2 Å². The van der Waals surface area contributed by atoms with E-state index in [0.717, 1.165) is 4.90 Å². The average Bonchev–Trinajstić information content (AvgIpc) is 2.73. The highest BCUT2D eigenvalue weighted by molar-refractivity contribution is 5.91. The normalized spacial score (nSPS) is 13.7. The van der Waals surface area contributed by atoms with Gasteiger partial charge in [0.25, 0.3) is 11.6 Å². The molecule has 2 aromatic rings. The molecule has 1 aliphatic heterocycles. The van der Waals surface area contributed by atoms with E-state index in [1.165, 1.54) is 12.1 Å². The smallest absolute Gasteiger partial charge is 0.279 e. The summed E-state index contributed by atoms with van der Waals surface area (Å²) in [6.45, 7) is 3.63. The van der Waals surface area contributed by atoms with Crippen molar-refractivity contribution < 1.29 is 28.8 Å². The van der Waals surface area contributed by atoms with Crippen LogP contribution in [0.25, 0.3) is 0 Å². The van der Waals surface area contributed by atoms with Gasteiger partial charge in [0, 0.05) is 29.4 Å². The van der Waals surface area contributed by atoms with Crippen molar-refractivity contribution in [3.05, 3.63) is 57.6 Å². The molecule has 3 rings (SSSR count). The molecule has 0 radical (unpaired) electrons. The van der Waals surface area contributed by atoms with Crippen LogP contribution in [0, 0.1) is 10.1 Å². The third-order valence-electron chi connectivity index (χ3n) is 4.69. The molecule has 0 bridgehead atoms. The number of nitro benzene ring substituents is 1. The first-order valence-electron chi connectivity index (χ1n) is 9.28. The summed E-state index contributed by atoms with van der Waals surface area (Å²) in [6.07, 6.45) is 0. The Hall–Kier alpha value is -3.17. The lowest BCUT2D eigenvalue weighted by Gasteiger charge is -2.23. The van der Waals surface area contributed by atoms with Crippen LogP contribution in [0.15, 0.2) is 36.4 Å². The van der Waals surface area contributed by atoms with Crippen molar-refractivity contribution in [2.45, 2.75) is 20.1 Å². The highest BCUT2D eigenvalue weighted by Crippen LogP contribution is 2.32. The van der Waals surface area contributed by atoms with E-state index >= 15 is 0 Å². The highest BCUT2D eigenvalue weighted by atomic mass is 16.7. The molecule has 0 aliphatic carbocycles. The Kier molecular flexibility index (Phi) is 6.63. The van der Waals surface area contributed by atoms with Crippen LogP contribution in [0.4, 0.5) is 11.4 Å². The summed E-state index contributed by atoms with van der Waals surface area (Å²) in [5.74, 6) is 1.12. The monoisotopic (exact) mass is 402 g/mol. The SMILES string of the molecule is CC[NH+](CC(=O)Nc1cccc(OC)c1)Cc1cc([N+](=O)[O-])cc2c1OCOC2. The molecular weight excluding hydrogens is 378 g/mol. The van der Waals surface area contributed by atoms with Gasteiger partial charge in [0.15, 0.2) is 13.3 Å². The van der Waals surface area contributed by atoms with E-state index in [1.54, 1.807) is 31.4 Å². The van der Waals surface area contributed by atoms with Crippen molar-refractivity contribution in [1.29, 1.82) is 0 Å². The van der Waals surface area contributed by atoms with Gasteiger partial charge in [-0.25, -0.2) is 0 Å². The average molecular weight is 402 g/mol. The molecule has 9 nitrogen and oxygen atoms in total. The van der Waals surface area contributed by atoms with Gasteiger partial charge < -0.3 is 24.4 Å². The molecule has 1 heterocycles. The van der Waals surface area contributed by atoms with E-state index in [9.17, 15) is 14.9 Å². The summed E-state index contributed by atoms with van der Waals surface area (Å²) in [5, 5.41) is 14.1. The van der Waals surface area contributed by atoms with E-state index in [0.29, 0.717) is 41.4 Å². The second-order valence-corrected chi connectivity index (χ2v) is 6.70. The number of benzene rings is 2. The standard InChI is InChI=1S/C20H23N3O6/c1-3-22(11-19(24)21-16-5-4-6-18(9-16)27-2)10-14-7-17(23(25)26)8-15-12-28-13-29-20(14)15/h4-9H,3,10-13H2,1-2H3,(H,21,24)/p+1. The first-order valence-corrected chi connectivity index (χ1v) is 9.28. The van der Waals surface area contributed by atoms with Crippen molar-refractivity contribution >= 4 is 17.3 Å². The van der Waals surface area contributed by atoms with Gasteiger partial charge in [-0.05, 0) is 19.1 Å². The third-order valence-corrected chi connectivity index (χ3v) is 4.69. The number of anilines is 1. The Bertz CT molecular complexity index is 902. The first kappa shape index (κ1) is 20.6. The summed E-state index contributed by atoms with van der Waals surface area (Å²) in [4.78, 5) is 24.3. The van der Waals surface area contributed by atoms with Crippen molar-refractivity contribution in [1.82, 2.24) is 0 Å². The van der Waals surface area contributed by atoms with Gasteiger partial charge in [0.2, 0.25) is 0 Å². The van der Waals surface area contributed by atoms with Gasteiger partial charge in [-0.2, -0.15) is 0 Å². The molecular formula is C20H24N3O6+. The zero-order valence-corrected chi connectivity index (χ0v) is 16.4. The molecule has 2 aromatic carbocycles. The third kappa shape index (κ3) is 5.21. The van der Waals surface area contributed by atoms with Crippen LogP contribution in [-0.2, 0) is 22.7 Å². The number of hydrogen-bond donors (Lipinski definition) is 2. The van der Waals surface area contributed by atoms with E-state index < -0.39 is 4.92 Å². The van der Waals surface area contributed by atoms with Gasteiger partial charge >= 0.3 is 0 Å². The van der Waals surface area contributed by atoms with Gasteiger partial charge in [0.05, 0.1) is 30.7 Å². The number of nitro groups is 1. The fourth-order valence-electron chi connectivity index (χ4n) is 3.23. The Balaban J connectivity index is 1.73. The molecule has 1 aliphatic rings. The molecule has 1 atom stereocenters. The van der Waals surface area contributed by atoms with Crippen molar-refractivity contribution in [2.75, 3.05) is 32.3 Å². The Morgan fingerprint density at radius 2 is 2.17 bits per heavy atom.